The molecule has 0 saturated carbocycles. The molecule has 0 bridgehead atoms. The number of hydrogen-bond donors (Lipinski definition) is 1. The molecular weight excluding hydrogens is 343 g/mol. The van der Waals surface area contributed by atoms with E-state index >= 15 is 0 Å². The van der Waals surface area contributed by atoms with Gasteiger partial charge in [-0.15, -0.1) is 0 Å². The van der Waals surface area contributed by atoms with E-state index in [2.05, 4.69) is 5.32 Å². The lowest BCUT2D eigenvalue weighted by Gasteiger charge is -2.25. The van der Waals surface area contributed by atoms with Gasteiger partial charge in [0.2, 0.25) is 11.8 Å². The van der Waals surface area contributed by atoms with Gasteiger partial charge in [-0.2, -0.15) is 0 Å². The summed E-state index contributed by atoms with van der Waals surface area (Å²) in [7, 11) is 0. The second-order valence-electron chi connectivity index (χ2n) is 7.11. The first-order valence-corrected chi connectivity index (χ1v) is 9.41. The summed E-state index contributed by atoms with van der Waals surface area (Å²) in [6, 6.07) is 15.6. The van der Waals surface area contributed by atoms with Crippen molar-refractivity contribution < 1.29 is 14.0 Å². The molecular formula is C22H25FN2O2. The Morgan fingerprint density at radius 2 is 1.85 bits per heavy atom. The van der Waals surface area contributed by atoms with E-state index in [0.29, 0.717) is 25.9 Å². The molecule has 27 heavy (non-hydrogen) atoms. The van der Waals surface area contributed by atoms with Crippen LogP contribution in [0.5, 0.6) is 0 Å². The number of nitrogens with one attached hydrogen (secondary N) is 1. The van der Waals surface area contributed by atoms with Gasteiger partial charge in [-0.25, -0.2) is 4.39 Å². The summed E-state index contributed by atoms with van der Waals surface area (Å²) in [4.78, 5) is 27.0. The maximum atomic E-state index is 13.1. The average Bonchev–Trinajstić information content (AvgIpc) is 3.17. The Kier molecular flexibility index (Phi) is 6.22. The average molecular weight is 368 g/mol. The Morgan fingerprint density at radius 3 is 2.56 bits per heavy atom. The molecule has 5 heteroatoms. The molecule has 1 heterocycles. The van der Waals surface area contributed by atoms with Crippen molar-refractivity contribution in [3.8, 4) is 0 Å². The number of amides is 2. The van der Waals surface area contributed by atoms with Crippen molar-refractivity contribution >= 4 is 11.8 Å². The van der Waals surface area contributed by atoms with Crippen molar-refractivity contribution in [1.82, 2.24) is 10.2 Å². The summed E-state index contributed by atoms with van der Waals surface area (Å²) in [5, 5.41) is 2.94. The fraction of sp³-hybridized carbons (Fsp3) is 0.364. The minimum atomic E-state index is -0.401. The van der Waals surface area contributed by atoms with Crippen LogP contribution in [0, 0.1) is 5.82 Å². The van der Waals surface area contributed by atoms with E-state index in [9.17, 15) is 14.0 Å². The zero-order valence-electron chi connectivity index (χ0n) is 15.5. The largest absolute Gasteiger partial charge is 0.350 e. The molecule has 0 radical (unpaired) electrons. The highest BCUT2D eigenvalue weighted by molar-refractivity contribution is 5.88. The number of rotatable bonds is 6. The van der Waals surface area contributed by atoms with Gasteiger partial charge < -0.3 is 10.2 Å². The molecule has 0 aromatic heterocycles. The lowest BCUT2D eigenvalue weighted by atomic mass is 9.97. The number of hydrogen-bond acceptors (Lipinski definition) is 2. The summed E-state index contributed by atoms with van der Waals surface area (Å²) in [6.07, 6.45) is 1.84. The molecule has 142 valence electrons. The molecule has 1 aliphatic rings. The van der Waals surface area contributed by atoms with Crippen molar-refractivity contribution in [2.24, 2.45) is 0 Å². The van der Waals surface area contributed by atoms with Gasteiger partial charge in [0.15, 0.2) is 0 Å². The van der Waals surface area contributed by atoms with E-state index in [1.165, 1.54) is 12.1 Å². The highest BCUT2D eigenvalue weighted by atomic mass is 19.1. The van der Waals surface area contributed by atoms with Crippen LogP contribution in [0.15, 0.2) is 54.6 Å². The predicted octanol–water partition coefficient (Wildman–Crippen LogP) is 3.63. The fourth-order valence-electron chi connectivity index (χ4n) is 3.53. The first-order valence-electron chi connectivity index (χ1n) is 9.41. The van der Waals surface area contributed by atoms with E-state index in [1.54, 1.807) is 17.0 Å². The van der Waals surface area contributed by atoms with Crippen molar-refractivity contribution in [3.05, 3.63) is 71.5 Å². The first-order chi connectivity index (χ1) is 13.0. The molecule has 2 amide bonds. The molecule has 2 atom stereocenters. The molecule has 1 fully saturated rings. The highest BCUT2D eigenvalue weighted by Gasteiger charge is 2.34. The van der Waals surface area contributed by atoms with Gasteiger partial charge in [0.1, 0.15) is 11.9 Å². The molecule has 2 aromatic carbocycles. The van der Waals surface area contributed by atoms with Crippen molar-refractivity contribution in [3.63, 3.8) is 0 Å². The summed E-state index contributed by atoms with van der Waals surface area (Å²) in [5.41, 5.74) is 1.96. The smallest absolute Gasteiger partial charge is 0.243 e. The highest BCUT2D eigenvalue weighted by Crippen LogP contribution is 2.24. The van der Waals surface area contributed by atoms with Crippen LogP contribution in [0.25, 0.3) is 0 Å². The lowest BCUT2D eigenvalue weighted by molar-refractivity contribution is -0.138. The molecule has 0 aliphatic carbocycles. The van der Waals surface area contributed by atoms with Crippen LogP contribution in [-0.2, 0) is 16.1 Å². The number of benzene rings is 2. The Balaban J connectivity index is 1.57. The van der Waals surface area contributed by atoms with Crippen LogP contribution >= 0.6 is 0 Å². The minimum absolute atomic E-state index is 0.0215. The van der Waals surface area contributed by atoms with Crippen LogP contribution in [0.4, 0.5) is 4.39 Å². The third kappa shape index (κ3) is 4.94. The molecule has 2 aromatic rings. The number of halogens is 1. The monoisotopic (exact) mass is 368 g/mol. The summed E-state index contributed by atoms with van der Waals surface area (Å²) < 4.78 is 13.1. The minimum Gasteiger partial charge on any atom is -0.350 e. The van der Waals surface area contributed by atoms with Crippen LogP contribution in [0.1, 0.15) is 43.2 Å². The zero-order chi connectivity index (χ0) is 19.2. The predicted molar refractivity (Wildman–Crippen MR) is 102 cm³/mol. The Morgan fingerprint density at radius 1 is 1.15 bits per heavy atom. The van der Waals surface area contributed by atoms with Gasteiger partial charge in [-0.05, 0) is 42.0 Å². The fourth-order valence-corrected chi connectivity index (χ4v) is 3.53. The summed E-state index contributed by atoms with van der Waals surface area (Å²) in [6.45, 7) is 3.02. The van der Waals surface area contributed by atoms with Crippen molar-refractivity contribution in [2.75, 3.05) is 6.54 Å². The summed E-state index contributed by atoms with van der Waals surface area (Å²) >= 11 is 0. The van der Waals surface area contributed by atoms with Gasteiger partial charge in [0.25, 0.3) is 0 Å². The van der Waals surface area contributed by atoms with E-state index in [1.807, 2.05) is 37.3 Å². The van der Waals surface area contributed by atoms with Crippen LogP contribution in [0.3, 0.4) is 0 Å². The van der Waals surface area contributed by atoms with E-state index in [4.69, 9.17) is 0 Å². The quantitative estimate of drug-likeness (QED) is 0.847. The number of likely N-dealkylation sites (tertiary alicyclic amines) is 1. The zero-order valence-corrected chi connectivity index (χ0v) is 15.5. The molecule has 1 saturated heterocycles. The molecule has 4 nitrogen and oxygen atoms in total. The first kappa shape index (κ1) is 19.1. The second-order valence-corrected chi connectivity index (χ2v) is 7.11. The Hall–Kier alpha value is -2.69. The van der Waals surface area contributed by atoms with E-state index < -0.39 is 6.04 Å². The van der Waals surface area contributed by atoms with Crippen LogP contribution in [-0.4, -0.2) is 29.3 Å². The van der Waals surface area contributed by atoms with Crippen molar-refractivity contribution in [1.29, 1.82) is 0 Å². The van der Waals surface area contributed by atoms with E-state index in [0.717, 1.165) is 17.5 Å². The lowest BCUT2D eigenvalue weighted by Crippen LogP contribution is -2.46. The van der Waals surface area contributed by atoms with Gasteiger partial charge in [-0.3, -0.25) is 9.59 Å². The topological polar surface area (TPSA) is 49.4 Å². The number of carbonyl (C=O) groups is 2. The Bertz CT molecular complexity index is 777. The molecule has 3 rings (SSSR count). The van der Waals surface area contributed by atoms with Gasteiger partial charge in [0.05, 0.1) is 0 Å². The van der Waals surface area contributed by atoms with Crippen LogP contribution < -0.4 is 5.32 Å². The van der Waals surface area contributed by atoms with Gasteiger partial charge in [0, 0.05) is 19.5 Å². The van der Waals surface area contributed by atoms with Gasteiger partial charge in [-0.1, -0.05) is 49.4 Å². The Labute approximate surface area is 159 Å². The standard InChI is InChI=1S/C22H25FN2O2/c1-16(18-9-11-19(23)12-10-18)14-21(26)25-13-5-8-20(25)22(27)24-15-17-6-3-2-4-7-17/h2-4,6-7,9-12,16,20H,5,8,13-15H2,1H3,(H,24,27)/t16?,20-/m1/s1. The summed E-state index contributed by atoms with van der Waals surface area (Å²) in [5.74, 6) is -0.429. The SMILES string of the molecule is CC(CC(=O)N1CCC[C@@H]1C(=O)NCc1ccccc1)c1ccc(F)cc1. The maximum absolute atomic E-state index is 13.1. The molecule has 1 unspecified atom stereocenters. The van der Waals surface area contributed by atoms with Crippen molar-refractivity contribution in [2.45, 2.75) is 44.7 Å². The van der Waals surface area contributed by atoms with E-state index in [-0.39, 0.29) is 23.5 Å². The number of carbonyl (C=O) groups excluding carboxylic acids is 2. The third-order valence-corrected chi connectivity index (χ3v) is 5.11. The maximum Gasteiger partial charge on any atom is 0.243 e. The molecule has 1 N–H and O–H groups in total. The normalized spacial score (nSPS) is 17.6. The van der Waals surface area contributed by atoms with Crippen LogP contribution in [0.2, 0.25) is 0 Å². The molecule has 0 spiro atoms. The third-order valence-electron chi connectivity index (χ3n) is 5.11. The second kappa shape index (κ2) is 8.80. The molecule has 1 aliphatic heterocycles. The van der Waals surface area contributed by atoms with Gasteiger partial charge >= 0.3 is 0 Å². The number of nitrogens with zero attached hydrogens (tertiary/aromatic N) is 1.